The first kappa shape index (κ1) is 29.3. The average Bonchev–Trinajstić information content (AvgIpc) is 3.18. The zero-order valence-corrected chi connectivity index (χ0v) is 23.3. The van der Waals surface area contributed by atoms with E-state index in [9.17, 15) is 18.1 Å². The molecule has 37 heavy (non-hydrogen) atoms. The van der Waals surface area contributed by atoms with Crippen LogP contribution in [0.25, 0.3) is 5.65 Å². The van der Waals surface area contributed by atoms with Crippen LogP contribution in [0.4, 0.5) is 13.6 Å². The van der Waals surface area contributed by atoms with Crippen LogP contribution < -0.4 is 10.0 Å². The highest BCUT2D eigenvalue weighted by Crippen LogP contribution is 2.41. The molecule has 1 fully saturated rings. The number of hydrogen-bond donors (Lipinski definition) is 2. The van der Waals surface area contributed by atoms with Crippen LogP contribution in [0.3, 0.4) is 0 Å². The van der Waals surface area contributed by atoms with Gasteiger partial charge in [0.05, 0.1) is 30.2 Å². The summed E-state index contributed by atoms with van der Waals surface area (Å²) < 4.78 is 50.2. The van der Waals surface area contributed by atoms with Gasteiger partial charge in [0.2, 0.25) is 5.92 Å². The topological polar surface area (TPSA) is 104 Å². The molecule has 0 aromatic carbocycles. The molecule has 0 aliphatic heterocycles. The van der Waals surface area contributed by atoms with Gasteiger partial charge in [0.25, 0.3) is 0 Å². The highest BCUT2D eigenvalue weighted by Gasteiger charge is 2.40. The summed E-state index contributed by atoms with van der Waals surface area (Å²) in [5, 5.41) is 7.35. The summed E-state index contributed by atoms with van der Waals surface area (Å²) in [4.78, 5) is 17.4. The second-order valence-electron chi connectivity index (χ2n) is 11.7. The lowest BCUT2D eigenvalue weighted by atomic mass is 9.81. The van der Waals surface area contributed by atoms with Gasteiger partial charge in [-0.15, -0.1) is 11.3 Å². The van der Waals surface area contributed by atoms with Gasteiger partial charge in [0.1, 0.15) is 10.3 Å². The van der Waals surface area contributed by atoms with Crippen LogP contribution in [-0.4, -0.2) is 41.5 Å². The molecule has 11 heteroatoms. The lowest BCUT2D eigenvalue weighted by Gasteiger charge is -2.33. The number of rotatable bonds is 8. The van der Waals surface area contributed by atoms with Crippen LogP contribution in [-0.2, 0) is 16.1 Å². The lowest BCUT2D eigenvalue weighted by molar-refractivity contribution is -0.0500. The van der Waals surface area contributed by atoms with Gasteiger partial charge in [-0.25, -0.2) is 23.1 Å². The van der Waals surface area contributed by atoms with E-state index >= 15 is 0 Å². The fraction of sp³-hybridized carbons (Fsp3) is 0.654. The first-order chi connectivity index (χ1) is 17.1. The number of hydrogen-bond acceptors (Lipinski definition) is 6. The molecule has 0 bridgehead atoms. The number of fused-ring (bicyclic) bond motifs is 1. The molecule has 2 aromatic heterocycles. The molecule has 2 N–H and O–H groups in total. The third-order valence-electron chi connectivity index (χ3n) is 6.19. The normalized spacial score (nSPS) is 19.3. The van der Waals surface area contributed by atoms with E-state index in [4.69, 9.17) is 9.72 Å². The van der Waals surface area contributed by atoms with Crippen molar-refractivity contribution in [2.24, 2.45) is 5.92 Å². The Kier molecular flexibility index (Phi) is 8.91. The monoisotopic (exact) mass is 539 g/mol. The number of imidazole rings is 1. The Labute approximate surface area is 220 Å². The fourth-order valence-corrected chi connectivity index (χ4v) is 5.08. The van der Waals surface area contributed by atoms with Crippen molar-refractivity contribution in [2.45, 2.75) is 102 Å². The van der Waals surface area contributed by atoms with Gasteiger partial charge in [0, 0.05) is 24.2 Å². The van der Waals surface area contributed by atoms with Crippen LogP contribution in [0.1, 0.15) is 97.0 Å². The van der Waals surface area contributed by atoms with Crippen molar-refractivity contribution in [3.8, 4) is 0 Å². The molecule has 0 radical (unpaired) electrons. The Bertz CT molecular complexity index is 1090. The van der Waals surface area contributed by atoms with Crippen LogP contribution in [0.2, 0.25) is 0 Å². The van der Waals surface area contributed by atoms with Gasteiger partial charge in [-0.1, -0.05) is 6.08 Å². The average molecular weight is 540 g/mol. The lowest BCUT2D eigenvalue weighted by Crippen LogP contribution is -2.41. The first-order valence-electron chi connectivity index (χ1n) is 12.6. The van der Waals surface area contributed by atoms with Crippen LogP contribution >= 0.6 is 0 Å². The van der Waals surface area contributed by atoms with E-state index in [0.717, 1.165) is 5.56 Å². The molecular formula is C26H39F2N5O3S. The molecule has 206 valence electrons. The molecule has 2 heterocycles. The number of alkyl carbamates (subject to hydrolysis) is 1. The van der Waals surface area contributed by atoms with Gasteiger partial charge in [0.15, 0.2) is 5.65 Å². The van der Waals surface area contributed by atoms with Crippen molar-refractivity contribution in [1.29, 1.82) is 0 Å². The Morgan fingerprint density at radius 3 is 2.54 bits per heavy atom. The zero-order valence-electron chi connectivity index (χ0n) is 22.5. The van der Waals surface area contributed by atoms with Gasteiger partial charge in [-0.2, -0.15) is 5.10 Å². The number of carbonyl (C=O) groups is 1. The van der Waals surface area contributed by atoms with Crippen LogP contribution in [0, 0.1) is 5.92 Å². The predicted molar refractivity (Wildman–Crippen MR) is 141 cm³/mol. The smallest absolute Gasteiger partial charge is 0.408 e. The van der Waals surface area contributed by atoms with E-state index in [-0.39, 0.29) is 37.6 Å². The maximum absolute atomic E-state index is 13.9. The van der Waals surface area contributed by atoms with Crippen molar-refractivity contribution in [1.82, 2.24) is 24.6 Å². The molecule has 1 aliphatic carbocycles. The van der Waals surface area contributed by atoms with E-state index in [2.05, 4.69) is 21.7 Å². The summed E-state index contributed by atoms with van der Waals surface area (Å²) in [5.41, 5.74) is 1.14. The standard InChI is InChI=1S/C26H39F2N5O3S/c1-8-9-19(32-37(35)25(5,6)7)18-14-21-30-20(16-33(21)29-15-18)22(31-23(34)36-24(2,3)4)17-10-12-26(27,28)13-11-17/h8,14-17,19,22,32H,1,9-13H2,2-7H3,(H,31,34)/t19-,22+,37+/m1/s1. The molecule has 8 nitrogen and oxygen atoms in total. The van der Waals surface area contributed by atoms with Crippen molar-refractivity contribution >= 4 is 23.1 Å². The summed E-state index contributed by atoms with van der Waals surface area (Å²) in [5.74, 6) is -2.91. The molecule has 1 amide bonds. The second kappa shape index (κ2) is 11.2. The largest absolute Gasteiger partial charge is 0.598 e. The van der Waals surface area contributed by atoms with E-state index in [0.29, 0.717) is 17.8 Å². The summed E-state index contributed by atoms with van der Waals surface area (Å²) in [6.45, 7) is 14.8. The van der Waals surface area contributed by atoms with Crippen molar-refractivity contribution in [2.75, 3.05) is 0 Å². The Morgan fingerprint density at radius 1 is 1.32 bits per heavy atom. The highest BCUT2D eigenvalue weighted by molar-refractivity contribution is 7.90. The summed E-state index contributed by atoms with van der Waals surface area (Å²) >= 11 is -1.31. The van der Waals surface area contributed by atoms with Crippen LogP contribution in [0.15, 0.2) is 31.1 Å². The van der Waals surface area contributed by atoms with Gasteiger partial charge in [-0.05, 0) is 78.4 Å². The van der Waals surface area contributed by atoms with Crippen LogP contribution in [0.5, 0.6) is 0 Å². The maximum Gasteiger partial charge on any atom is 0.408 e. The molecule has 0 saturated heterocycles. The Morgan fingerprint density at radius 2 is 1.97 bits per heavy atom. The quantitative estimate of drug-likeness (QED) is 0.325. The number of halogens is 2. The summed E-state index contributed by atoms with van der Waals surface area (Å²) in [6, 6.07) is 0.954. The second-order valence-corrected chi connectivity index (χ2v) is 13.6. The molecule has 0 unspecified atom stereocenters. The third-order valence-corrected chi connectivity index (χ3v) is 7.81. The molecule has 2 aromatic rings. The molecule has 1 saturated carbocycles. The maximum atomic E-state index is 13.9. The Hall–Kier alpha value is -2.24. The minimum atomic E-state index is -2.69. The number of carbonyl (C=O) groups excluding carboxylic acids is 1. The number of nitrogens with one attached hydrogen (secondary N) is 2. The van der Waals surface area contributed by atoms with E-state index < -0.39 is 39.8 Å². The fourth-order valence-electron chi connectivity index (χ4n) is 4.24. The number of nitrogens with zero attached hydrogens (tertiary/aromatic N) is 3. The van der Waals surface area contributed by atoms with Crippen molar-refractivity contribution in [3.63, 3.8) is 0 Å². The molecular weight excluding hydrogens is 500 g/mol. The highest BCUT2D eigenvalue weighted by atomic mass is 32.2. The minimum Gasteiger partial charge on any atom is -0.598 e. The number of aromatic nitrogens is 3. The molecule has 3 rings (SSSR count). The zero-order chi connectivity index (χ0) is 27.6. The van der Waals surface area contributed by atoms with Gasteiger partial charge < -0.3 is 14.6 Å². The molecule has 0 spiro atoms. The summed E-state index contributed by atoms with van der Waals surface area (Å²) in [7, 11) is 0. The number of alkyl halides is 2. The predicted octanol–water partition coefficient (Wildman–Crippen LogP) is 5.79. The molecule has 1 aliphatic rings. The van der Waals surface area contributed by atoms with E-state index in [1.807, 2.05) is 26.8 Å². The Balaban J connectivity index is 1.91. The number of amides is 1. The first-order valence-corrected chi connectivity index (χ1v) is 13.7. The van der Waals surface area contributed by atoms with Crippen molar-refractivity contribution in [3.05, 3.63) is 42.4 Å². The minimum absolute atomic E-state index is 0.221. The van der Waals surface area contributed by atoms with Gasteiger partial charge >= 0.3 is 6.09 Å². The summed E-state index contributed by atoms with van der Waals surface area (Å²) in [6.07, 6.45) is 5.08. The van der Waals surface area contributed by atoms with E-state index in [1.165, 1.54) is 0 Å². The molecule has 3 atom stereocenters. The third kappa shape index (κ3) is 8.12. The van der Waals surface area contributed by atoms with Gasteiger partial charge in [-0.3, -0.25) is 0 Å². The SMILES string of the molecule is C=CC[C@@H](N[S@@+]([O-])C(C)(C)C)c1cnn2cc([C@@H](NC(=O)OC(C)(C)C)C3CCC(F)(F)CC3)nc2c1. The van der Waals surface area contributed by atoms with Crippen molar-refractivity contribution < 1.29 is 22.9 Å². The van der Waals surface area contributed by atoms with E-state index in [1.54, 1.807) is 43.8 Å². The number of ether oxygens (including phenoxy) is 1.